The highest BCUT2D eigenvalue weighted by Crippen LogP contribution is 2.22. The van der Waals surface area contributed by atoms with E-state index in [-0.39, 0.29) is 11.5 Å². The summed E-state index contributed by atoms with van der Waals surface area (Å²) in [6.45, 7) is 1.63. The molecule has 3 aromatic rings. The van der Waals surface area contributed by atoms with Gasteiger partial charge in [-0.25, -0.2) is 14.2 Å². The quantitative estimate of drug-likeness (QED) is 0.776. The fourth-order valence-corrected chi connectivity index (χ4v) is 2.74. The van der Waals surface area contributed by atoms with E-state index in [1.54, 1.807) is 22.9 Å². The van der Waals surface area contributed by atoms with Gasteiger partial charge in [0.25, 0.3) is 0 Å². The number of hydrogen-bond donors (Lipinski definition) is 2. The Hall–Kier alpha value is -2.47. The van der Waals surface area contributed by atoms with Gasteiger partial charge in [-0.15, -0.1) is 0 Å². The molecule has 1 saturated heterocycles. The van der Waals surface area contributed by atoms with Crippen LogP contribution in [0.25, 0.3) is 22.3 Å². The summed E-state index contributed by atoms with van der Waals surface area (Å²) in [6.07, 6.45) is 2.77. The zero-order valence-electron chi connectivity index (χ0n) is 11.8. The second kappa shape index (κ2) is 5.06. The summed E-state index contributed by atoms with van der Waals surface area (Å²) in [5.41, 5.74) is 2.95. The van der Waals surface area contributed by atoms with Gasteiger partial charge in [-0.1, -0.05) is 12.1 Å². The zero-order valence-corrected chi connectivity index (χ0v) is 11.8. The molecular weight excluding hydrogens is 283 g/mol. The van der Waals surface area contributed by atoms with Gasteiger partial charge in [0, 0.05) is 24.3 Å². The number of aromatic amines is 1. The third-order valence-electron chi connectivity index (χ3n) is 4.14. The predicted molar refractivity (Wildman–Crippen MR) is 82.2 cm³/mol. The maximum Gasteiger partial charge on any atom is 0.327 e. The molecule has 2 N–H and O–H groups in total. The lowest BCUT2D eigenvalue weighted by atomic mass is 10.1. The number of pyridine rings is 1. The molecule has 0 saturated carbocycles. The van der Waals surface area contributed by atoms with Crippen molar-refractivity contribution in [1.29, 1.82) is 0 Å². The van der Waals surface area contributed by atoms with Crippen LogP contribution in [0.4, 0.5) is 4.39 Å². The van der Waals surface area contributed by atoms with E-state index >= 15 is 0 Å². The van der Waals surface area contributed by atoms with Gasteiger partial charge in [0.1, 0.15) is 5.82 Å². The maximum absolute atomic E-state index is 13.0. The molecule has 0 amide bonds. The Morgan fingerprint density at radius 3 is 2.73 bits per heavy atom. The molecule has 0 unspecified atom stereocenters. The topological polar surface area (TPSA) is 62.7 Å². The van der Waals surface area contributed by atoms with Gasteiger partial charge in [0.2, 0.25) is 0 Å². The molecule has 0 bridgehead atoms. The molecule has 1 aliphatic heterocycles. The van der Waals surface area contributed by atoms with E-state index in [1.165, 1.54) is 12.1 Å². The van der Waals surface area contributed by atoms with E-state index < -0.39 is 0 Å². The van der Waals surface area contributed by atoms with E-state index in [2.05, 4.69) is 15.3 Å². The number of hydrogen-bond acceptors (Lipinski definition) is 3. The van der Waals surface area contributed by atoms with Crippen molar-refractivity contribution >= 4 is 11.2 Å². The van der Waals surface area contributed by atoms with E-state index in [0.29, 0.717) is 18.2 Å². The summed E-state index contributed by atoms with van der Waals surface area (Å²) >= 11 is 0. The Balaban J connectivity index is 1.79. The number of halogens is 1. The molecule has 4 rings (SSSR count). The van der Waals surface area contributed by atoms with Crippen LogP contribution in [0.2, 0.25) is 0 Å². The molecule has 1 atom stereocenters. The number of rotatable bonds is 3. The maximum atomic E-state index is 13.0. The third kappa shape index (κ3) is 2.21. The van der Waals surface area contributed by atoms with Crippen molar-refractivity contribution in [2.75, 3.05) is 6.54 Å². The SMILES string of the molecule is O=c1[nH]c2ncc(-c3ccc(F)cc3)cc2n1C[C@H]1CCN1. The molecule has 5 nitrogen and oxygen atoms in total. The Bertz CT molecular complexity index is 877. The third-order valence-corrected chi connectivity index (χ3v) is 4.14. The van der Waals surface area contributed by atoms with Crippen LogP contribution in [-0.4, -0.2) is 27.1 Å². The summed E-state index contributed by atoms with van der Waals surface area (Å²) in [6, 6.07) is 8.52. The molecule has 112 valence electrons. The van der Waals surface area contributed by atoms with Crippen molar-refractivity contribution in [2.45, 2.75) is 19.0 Å². The number of aromatic nitrogens is 3. The van der Waals surface area contributed by atoms with Crippen LogP contribution in [0.3, 0.4) is 0 Å². The van der Waals surface area contributed by atoms with Gasteiger partial charge < -0.3 is 5.32 Å². The summed E-state index contributed by atoms with van der Waals surface area (Å²) in [5.74, 6) is -0.271. The average Bonchev–Trinajstić information content (AvgIpc) is 2.78. The summed E-state index contributed by atoms with van der Waals surface area (Å²) in [4.78, 5) is 19.2. The lowest BCUT2D eigenvalue weighted by Gasteiger charge is -2.27. The second-order valence-electron chi connectivity index (χ2n) is 5.58. The van der Waals surface area contributed by atoms with Crippen molar-refractivity contribution in [1.82, 2.24) is 19.9 Å². The van der Waals surface area contributed by atoms with Crippen LogP contribution in [0.1, 0.15) is 6.42 Å². The first-order chi connectivity index (χ1) is 10.7. The fourth-order valence-electron chi connectivity index (χ4n) is 2.74. The van der Waals surface area contributed by atoms with Gasteiger partial charge >= 0.3 is 5.69 Å². The molecule has 0 aliphatic carbocycles. The van der Waals surface area contributed by atoms with Crippen molar-refractivity contribution in [3.05, 3.63) is 52.8 Å². The number of benzene rings is 1. The van der Waals surface area contributed by atoms with Gasteiger partial charge in [0.15, 0.2) is 5.65 Å². The molecule has 1 aliphatic rings. The largest absolute Gasteiger partial charge is 0.327 e. The molecule has 0 spiro atoms. The Morgan fingerprint density at radius 1 is 1.27 bits per heavy atom. The minimum atomic E-state index is -0.271. The van der Waals surface area contributed by atoms with Crippen LogP contribution < -0.4 is 11.0 Å². The van der Waals surface area contributed by atoms with Crippen LogP contribution in [0.5, 0.6) is 0 Å². The van der Waals surface area contributed by atoms with Crippen LogP contribution in [0.15, 0.2) is 41.3 Å². The highest BCUT2D eigenvalue weighted by Gasteiger charge is 2.19. The standard InChI is InChI=1S/C16H15FN4O/c17-12-3-1-10(2-4-12)11-7-14-15(19-8-11)20-16(22)21(14)9-13-5-6-18-13/h1-4,7-8,13,18H,5-6,9H2,(H,19,20,22)/t13-/m1/s1. The van der Waals surface area contributed by atoms with Gasteiger partial charge in [-0.3, -0.25) is 9.55 Å². The summed E-state index contributed by atoms with van der Waals surface area (Å²) < 4.78 is 14.8. The smallest absolute Gasteiger partial charge is 0.312 e. The van der Waals surface area contributed by atoms with Crippen molar-refractivity contribution < 1.29 is 4.39 Å². The van der Waals surface area contributed by atoms with Crippen LogP contribution in [0, 0.1) is 5.82 Å². The number of nitrogens with one attached hydrogen (secondary N) is 2. The fraction of sp³-hybridized carbons (Fsp3) is 0.250. The second-order valence-corrected chi connectivity index (χ2v) is 5.58. The van der Waals surface area contributed by atoms with Gasteiger partial charge in [-0.2, -0.15) is 0 Å². The molecule has 3 heterocycles. The van der Waals surface area contributed by atoms with E-state index in [9.17, 15) is 9.18 Å². The molecule has 22 heavy (non-hydrogen) atoms. The molecule has 1 aromatic carbocycles. The zero-order chi connectivity index (χ0) is 15.1. The summed E-state index contributed by atoms with van der Waals surface area (Å²) in [5, 5.41) is 3.29. The van der Waals surface area contributed by atoms with Crippen molar-refractivity contribution in [2.24, 2.45) is 0 Å². The Labute approximate surface area is 125 Å². The van der Waals surface area contributed by atoms with Gasteiger partial charge in [-0.05, 0) is 36.7 Å². The summed E-state index contributed by atoms with van der Waals surface area (Å²) in [7, 11) is 0. The van der Waals surface area contributed by atoms with Crippen LogP contribution >= 0.6 is 0 Å². The van der Waals surface area contributed by atoms with Crippen molar-refractivity contribution in [3.63, 3.8) is 0 Å². The first-order valence-corrected chi connectivity index (χ1v) is 7.28. The molecule has 0 radical (unpaired) electrons. The molecule has 2 aromatic heterocycles. The van der Waals surface area contributed by atoms with Crippen molar-refractivity contribution in [3.8, 4) is 11.1 Å². The lowest BCUT2D eigenvalue weighted by molar-refractivity contribution is 0.331. The molecular formula is C16H15FN4O. The van der Waals surface area contributed by atoms with E-state index in [4.69, 9.17) is 0 Å². The van der Waals surface area contributed by atoms with E-state index in [1.807, 2.05) is 6.07 Å². The normalized spacial score (nSPS) is 17.6. The first kappa shape index (κ1) is 13.2. The Kier molecular flexibility index (Phi) is 3.04. The Morgan fingerprint density at radius 2 is 2.05 bits per heavy atom. The van der Waals surface area contributed by atoms with E-state index in [0.717, 1.165) is 29.6 Å². The molecule has 1 fully saturated rings. The first-order valence-electron chi connectivity index (χ1n) is 7.28. The monoisotopic (exact) mass is 298 g/mol. The molecule has 6 heteroatoms. The minimum Gasteiger partial charge on any atom is -0.312 e. The van der Waals surface area contributed by atoms with Gasteiger partial charge in [0.05, 0.1) is 5.52 Å². The highest BCUT2D eigenvalue weighted by atomic mass is 19.1. The predicted octanol–water partition coefficient (Wildman–Crippen LogP) is 1.89. The number of H-pyrrole nitrogens is 1. The number of nitrogens with zero attached hydrogens (tertiary/aromatic N) is 2. The minimum absolute atomic E-state index is 0.146. The lowest BCUT2D eigenvalue weighted by Crippen LogP contribution is -2.46. The number of fused-ring (bicyclic) bond motifs is 1. The van der Waals surface area contributed by atoms with Crippen LogP contribution in [-0.2, 0) is 6.54 Å². The highest BCUT2D eigenvalue weighted by molar-refractivity contribution is 5.78. The number of imidazole rings is 1. The average molecular weight is 298 g/mol.